The van der Waals surface area contributed by atoms with E-state index < -0.39 is 4.92 Å². The summed E-state index contributed by atoms with van der Waals surface area (Å²) in [7, 11) is 0. The summed E-state index contributed by atoms with van der Waals surface area (Å²) in [6.07, 6.45) is 0. The fourth-order valence-corrected chi connectivity index (χ4v) is 3.42. The maximum absolute atomic E-state index is 10.8. The number of halogens is 1. The molecule has 0 saturated carbocycles. The van der Waals surface area contributed by atoms with Crippen LogP contribution in [0, 0.1) is 24.0 Å². The minimum Gasteiger partial charge on any atom is -0.490 e. The summed E-state index contributed by atoms with van der Waals surface area (Å²) >= 11 is 6.52. The third-order valence-corrected chi connectivity index (χ3v) is 5.27. The largest absolute Gasteiger partial charge is 0.490 e. The quantitative estimate of drug-likeness (QED) is 0.305. The molecule has 0 heterocycles. The predicted molar refractivity (Wildman–Crippen MR) is 123 cm³/mol. The van der Waals surface area contributed by atoms with Crippen molar-refractivity contribution in [2.75, 3.05) is 11.9 Å². The van der Waals surface area contributed by atoms with Gasteiger partial charge in [0.2, 0.25) is 0 Å². The molecule has 0 spiro atoms. The second-order valence-electron chi connectivity index (χ2n) is 7.15. The van der Waals surface area contributed by atoms with E-state index >= 15 is 0 Å². The lowest BCUT2D eigenvalue weighted by molar-refractivity contribution is -0.384. The van der Waals surface area contributed by atoms with E-state index in [1.807, 2.05) is 25.1 Å². The molecule has 3 aromatic carbocycles. The number of hydrogen-bond donors (Lipinski definition) is 1. The normalized spacial score (nSPS) is 10.6. The molecule has 0 radical (unpaired) electrons. The van der Waals surface area contributed by atoms with Crippen LogP contribution in [0.4, 0.5) is 11.4 Å². The maximum Gasteiger partial charge on any atom is 0.269 e. The molecule has 0 aliphatic rings. The van der Waals surface area contributed by atoms with Crippen molar-refractivity contribution in [3.05, 3.63) is 92.0 Å². The lowest BCUT2D eigenvalue weighted by Gasteiger charge is -2.16. The van der Waals surface area contributed by atoms with Gasteiger partial charge in [-0.15, -0.1) is 0 Å². The zero-order valence-electron chi connectivity index (χ0n) is 17.8. The first-order valence-electron chi connectivity index (χ1n) is 10.0. The average Bonchev–Trinajstić information content (AvgIpc) is 2.74. The lowest BCUT2D eigenvalue weighted by atomic mass is 10.1. The molecular weight excluding hydrogens is 416 g/mol. The highest BCUT2D eigenvalue weighted by Crippen LogP contribution is 2.37. The predicted octanol–water partition coefficient (Wildman–Crippen LogP) is 6.45. The lowest BCUT2D eigenvalue weighted by Crippen LogP contribution is -2.05. The summed E-state index contributed by atoms with van der Waals surface area (Å²) in [5.74, 6) is 1.02. The molecule has 0 aliphatic heterocycles. The Bertz CT molecular complexity index is 1070. The fraction of sp³-hybridized carbons (Fsp3) is 0.250. The van der Waals surface area contributed by atoms with Gasteiger partial charge in [0.1, 0.15) is 6.61 Å². The van der Waals surface area contributed by atoms with Gasteiger partial charge in [-0.3, -0.25) is 10.1 Å². The number of nitro groups is 1. The van der Waals surface area contributed by atoms with E-state index in [1.165, 1.54) is 23.3 Å². The number of non-ortho nitro benzene ring substituents is 1. The minimum atomic E-state index is -0.431. The third kappa shape index (κ3) is 5.67. The summed E-state index contributed by atoms with van der Waals surface area (Å²) in [5.41, 5.74) is 5.32. The molecule has 0 aromatic heterocycles. The molecule has 0 fully saturated rings. The number of aryl methyl sites for hydroxylation is 1. The molecule has 6 nitrogen and oxygen atoms in total. The van der Waals surface area contributed by atoms with Gasteiger partial charge >= 0.3 is 0 Å². The van der Waals surface area contributed by atoms with E-state index in [0.717, 1.165) is 16.8 Å². The Morgan fingerprint density at radius 1 is 1.03 bits per heavy atom. The number of nitrogens with one attached hydrogen (secondary N) is 1. The average molecular weight is 441 g/mol. The van der Waals surface area contributed by atoms with Crippen LogP contribution in [0.25, 0.3) is 0 Å². The zero-order chi connectivity index (χ0) is 22.4. The van der Waals surface area contributed by atoms with Crippen molar-refractivity contribution in [1.29, 1.82) is 0 Å². The second-order valence-corrected chi connectivity index (χ2v) is 7.56. The van der Waals surface area contributed by atoms with Crippen LogP contribution in [0.3, 0.4) is 0 Å². The van der Waals surface area contributed by atoms with Crippen molar-refractivity contribution in [3.63, 3.8) is 0 Å². The molecule has 0 amide bonds. The molecule has 3 rings (SSSR count). The van der Waals surface area contributed by atoms with Gasteiger partial charge in [-0.1, -0.05) is 23.7 Å². The summed E-state index contributed by atoms with van der Waals surface area (Å²) in [6.45, 7) is 7.35. The first-order chi connectivity index (χ1) is 14.9. The Morgan fingerprint density at radius 2 is 1.77 bits per heavy atom. The van der Waals surface area contributed by atoms with Crippen molar-refractivity contribution in [3.8, 4) is 11.5 Å². The van der Waals surface area contributed by atoms with Gasteiger partial charge in [0.25, 0.3) is 5.69 Å². The van der Waals surface area contributed by atoms with Gasteiger partial charge in [-0.05, 0) is 73.4 Å². The topological polar surface area (TPSA) is 73.6 Å². The molecule has 0 aliphatic carbocycles. The van der Waals surface area contributed by atoms with E-state index in [4.69, 9.17) is 21.1 Å². The van der Waals surface area contributed by atoms with Crippen molar-refractivity contribution < 1.29 is 14.4 Å². The molecule has 0 atom stereocenters. The summed E-state index contributed by atoms with van der Waals surface area (Å²) < 4.78 is 11.7. The summed E-state index contributed by atoms with van der Waals surface area (Å²) in [4.78, 5) is 10.4. The number of nitro benzene ring substituents is 1. The Hall–Kier alpha value is -3.25. The molecule has 162 valence electrons. The first kappa shape index (κ1) is 22.4. The van der Waals surface area contributed by atoms with E-state index in [-0.39, 0.29) is 12.3 Å². The number of nitrogens with zero attached hydrogens (tertiary/aromatic N) is 1. The van der Waals surface area contributed by atoms with Crippen molar-refractivity contribution in [2.45, 2.75) is 33.9 Å². The molecule has 31 heavy (non-hydrogen) atoms. The van der Waals surface area contributed by atoms with Crippen molar-refractivity contribution in [2.24, 2.45) is 0 Å². The van der Waals surface area contributed by atoms with E-state index in [1.54, 1.807) is 12.1 Å². The summed E-state index contributed by atoms with van der Waals surface area (Å²) in [6, 6.07) is 16.2. The minimum absolute atomic E-state index is 0.0393. The smallest absolute Gasteiger partial charge is 0.269 e. The van der Waals surface area contributed by atoms with Gasteiger partial charge in [0, 0.05) is 24.4 Å². The molecule has 0 bridgehead atoms. The molecule has 7 heteroatoms. The highest BCUT2D eigenvalue weighted by atomic mass is 35.5. The standard InChI is InChI=1S/C24H25ClN2O4/c1-4-30-23-13-19(14-26-22-7-5-6-16(2)17(22)3)12-21(25)24(23)31-15-18-8-10-20(11-9-18)27(28)29/h5-13,26H,4,14-15H2,1-3H3. The number of rotatable bonds is 9. The van der Waals surface area contributed by atoms with Gasteiger partial charge < -0.3 is 14.8 Å². The highest BCUT2D eigenvalue weighted by molar-refractivity contribution is 6.32. The molecule has 1 N–H and O–H groups in total. The van der Waals surface area contributed by atoms with Crippen LogP contribution < -0.4 is 14.8 Å². The van der Waals surface area contributed by atoms with Crippen LogP contribution in [0.1, 0.15) is 29.2 Å². The number of benzene rings is 3. The molecular formula is C24H25ClN2O4. The Kier molecular flexibility index (Phi) is 7.36. The Labute approximate surface area is 186 Å². The molecule has 0 saturated heterocycles. The first-order valence-corrected chi connectivity index (χ1v) is 10.4. The van der Waals surface area contributed by atoms with Gasteiger partial charge in [0.05, 0.1) is 16.6 Å². The van der Waals surface area contributed by atoms with Crippen LogP contribution >= 0.6 is 11.6 Å². The van der Waals surface area contributed by atoms with Crippen LogP contribution in [-0.2, 0) is 13.2 Å². The van der Waals surface area contributed by atoms with Gasteiger partial charge in [0.15, 0.2) is 11.5 Å². The van der Waals surface area contributed by atoms with Crippen molar-refractivity contribution in [1.82, 2.24) is 0 Å². The van der Waals surface area contributed by atoms with Crippen LogP contribution in [0.15, 0.2) is 54.6 Å². The van der Waals surface area contributed by atoms with Gasteiger partial charge in [-0.2, -0.15) is 0 Å². The highest BCUT2D eigenvalue weighted by Gasteiger charge is 2.14. The van der Waals surface area contributed by atoms with Crippen molar-refractivity contribution >= 4 is 23.0 Å². The van der Waals surface area contributed by atoms with E-state index in [2.05, 4.69) is 31.3 Å². The van der Waals surface area contributed by atoms with E-state index in [9.17, 15) is 10.1 Å². The zero-order valence-corrected chi connectivity index (χ0v) is 18.5. The fourth-order valence-electron chi connectivity index (χ4n) is 3.14. The third-order valence-electron chi connectivity index (χ3n) is 4.99. The monoisotopic (exact) mass is 440 g/mol. The second kappa shape index (κ2) is 10.2. The number of hydrogen-bond acceptors (Lipinski definition) is 5. The van der Waals surface area contributed by atoms with Crippen LogP contribution in [0.5, 0.6) is 11.5 Å². The van der Waals surface area contributed by atoms with Crippen LogP contribution in [-0.4, -0.2) is 11.5 Å². The van der Waals surface area contributed by atoms with Gasteiger partial charge in [-0.25, -0.2) is 0 Å². The van der Waals surface area contributed by atoms with E-state index in [0.29, 0.717) is 29.7 Å². The summed E-state index contributed by atoms with van der Waals surface area (Å²) in [5, 5.41) is 14.7. The Balaban J connectivity index is 1.75. The van der Waals surface area contributed by atoms with Crippen LogP contribution in [0.2, 0.25) is 5.02 Å². The maximum atomic E-state index is 10.8. The SMILES string of the molecule is CCOc1cc(CNc2cccc(C)c2C)cc(Cl)c1OCc1ccc([N+](=O)[O-])cc1. The number of ether oxygens (including phenoxy) is 2. The number of anilines is 1. The molecule has 0 unspecified atom stereocenters. The molecule has 3 aromatic rings. The Morgan fingerprint density at radius 3 is 2.45 bits per heavy atom.